The first-order valence-electron chi connectivity index (χ1n) is 10.1. The molecule has 1 N–H and O–H groups in total. The molecule has 1 heterocycles. The summed E-state index contributed by atoms with van der Waals surface area (Å²) in [4.78, 5) is 0. The van der Waals surface area contributed by atoms with Crippen molar-refractivity contribution in [2.24, 2.45) is 0 Å². The third-order valence-electron chi connectivity index (χ3n) is 4.51. The topological polar surface area (TPSA) is 63.5 Å². The molecule has 2 fully saturated rings. The summed E-state index contributed by atoms with van der Waals surface area (Å²) in [6.07, 6.45) is 3.02. The standard InChI is InChI=1S/C15H18NO3PS2.C6H15N/c1-17-12-5-3-11(4-6-12)13-14(15(7-8-15)22-21-13)19-20-18-10-2-9-16;1-5(2)7-6(3)4/h3-6,13-14,20H,2,7-8,10H2,1H3;5-7H,1-4H3. The van der Waals surface area contributed by atoms with Gasteiger partial charge in [0.1, 0.15) is 5.75 Å². The lowest BCUT2D eigenvalue weighted by atomic mass is 10.0. The van der Waals surface area contributed by atoms with Crippen LogP contribution in [0, 0.1) is 11.3 Å². The molecule has 0 amide bonds. The highest BCUT2D eigenvalue weighted by molar-refractivity contribution is 8.77. The molecule has 2 aliphatic rings. The van der Waals surface area contributed by atoms with Crippen molar-refractivity contribution in [2.75, 3.05) is 13.7 Å². The summed E-state index contributed by atoms with van der Waals surface area (Å²) in [7, 11) is 5.55. The molecule has 5 nitrogen and oxygen atoms in total. The van der Waals surface area contributed by atoms with Gasteiger partial charge in [0.15, 0.2) is 9.03 Å². The molecule has 3 unspecified atom stereocenters. The maximum atomic E-state index is 8.52. The van der Waals surface area contributed by atoms with Crippen LogP contribution in [0.25, 0.3) is 0 Å². The second-order valence-electron chi connectivity index (χ2n) is 7.79. The van der Waals surface area contributed by atoms with Crippen molar-refractivity contribution in [3.8, 4) is 11.8 Å². The molecule has 0 bridgehead atoms. The minimum Gasteiger partial charge on any atom is -0.497 e. The van der Waals surface area contributed by atoms with E-state index in [1.807, 2.05) is 33.7 Å². The van der Waals surface area contributed by atoms with Crippen LogP contribution in [0.2, 0.25) is 0 Å². The number of rotatable bonds is 9. The number of nitriles is 1. The first-order chi connectivity index (χ1) is 13.9. The lowest BCUT2D eigenvalue weighted by Gasteiger charge is -2.22. The fourth-order valence-electron chi connectivity index (χ4n) is 3.10. The van der Waals surface area contributed by atoms with Crippen molar-refractivity contribution in [2.45, 2.75) is 75.1 Å². The van der Waals surface area contributed by atoms with Crippen LogP contribution in [0.3, 0.4) is 0 Å². The molecule has 29 heavy (non-hydrogen) atoms. The van der Waals surface area contributed by atoms with Crippen molar-refractivity contribution in [3.05, 3.63) is 29.8 Å². The van der Waals surface area contributed by atoms with Crippen LogP contribution in [0.5, 0.6) is 5.75 Å². The zero-order chi connectivity index (χ0) is 21.3. The monoisotopic (exact) mass is 456 g/mol. The molecule has 0 radical (unpaired) electrons. The highest BCUT2D eigenvalue weighted by Gasteiger charge is 2.59. The normalized spacial score (nSPS) is 22.1. The quantitative estimate of drug-likeness (QED) is 0.283. The molecule has 0 aromatic heterocycles. The van der Waals surface area contributed by atoms with E-state index < -0.39 is 0 Å². The van der Waals surface area contributed by atoms with Gasteiger partial charge in [0, 0.05) is 12.1 Å². The van der Waals surface area contributed by atoms with Gasteiger partial charge in [-0.25, -0.2) is 0 Å². The van der Waals surface area contributed by atoms with E-state index in [0.717, 1.165) is 5.75 Å². The zero-order valence-electron chi connectivity index (χ0n) is 17.9. The number of benzene rings is 1. The molecule has 3 rings (SSSR count). The number of nitrogens with zero attached hydrogens (tertiary/aromatic N) is 1. The number of methoxy groups -OCH3 is 1. The fourth-order valence-corrected chi connectivity index (χ4v) is 7.92. The van der Waals surface area contributed by atoms with E-state index >= 15 is 0 Å². The Balaban J connectivity index is 0.000000370. The molecule has 1 spiro atoms. The molecule has 1 aliphatic carbocycles. The van der Waals surface area contributed by atoms with Gasteiger partial charge < -0.3 is 19.1 Å². The second kappa shape index (κ2) is 12.4. The van der Waals surface area contributed by atoms with Gasteiger partial charge >= 0.3 is 0 Å². The molecule has 162 valence electrons. The van der Waals surface area contributed by atoms with E-state index in [-0.39, 0.29) is 19.9 Å². The van der Waals surface area contributed by atoms with Crippen LogP contribution >= 0.6 is 30.6 Å². The van der Waals surface area contributed by atoms with Gasteiger partial charge in [0.2, 0.25) is 0 Å². The van der Waals surface area contributed by atoms with Gasteiger partial charge in [-0.15, -0.1) is 0 Å². The Morgan fingerprint density at radius 1 is 1.21 bits per heavy atom. The molecule has 1 saturated carbocycles. The van der Waals surface area contributed by atoms with Crippen LogP contribution < -0.4 is 10.1 Å². The Kier molecular flexibility index (Phi) is 10.6. The van der Waals surface area contributed by atoms with Crippen molar-refractivity contribution in [1.82, 2.24) is 5.32 Å². The third-order valence-corrected chi connectivity index (χ3v) is 8.89. The van der Waals surface area contributed by atoms with E-state index in [2.05, 4.69) is 51.2 Å². The minimum atomic E-state index is 0.00887. The van der Waals surface area contributed by atoms with Crippen LogP contribution in [-0.4, -0.2) is 36.7 Å². The van der Waals surface area contributed by atoms with Gasteiger partial charge in [-0.1, -0.05) is 61.4 Å². The Morgan fingerprint density at radius 3 is 2.34 bits per heavy atom. The van der Waals surface area contributed by atoms with Crippen LogP contribution in [0.4, 0.5) is 0 Å². The Labute approximate surface area is 185 Å². The van der Waals surface area contributed by atoms with Gasteiger partial charge in [-0.3, -0.25) is 0 Å². The van der Waals surface area contributed by atoms with Crippen molar-refractivity contribution >= 4 is 30.6 Å². The minimum absolute atomic E-state index is 0.00887. The first kappa shape index (κ1) is 24.8. The molecule has 8 heteroatoms. The number of nitrogens with one attached hydrogen (secondary N) is 1. The summed E-state index contributed by atoms with van der Waals surface area (Å²) in [6.45, 7) is 9.06. The summed E-state index contributed by atoms with van der Waals surface area (Å²) >= 11 is 0. The molecule has 3 atom stereocenters. The molecular weight excluding hydrogens is 423 g/mol. The van der Waals surface area contributed by atoms with Crippen molar-refractivity contribution < 1.29 is 13.8 Å². The molecule has 1 saturated heterocycles. The van der Waals surface area contributed by atoms with E-state index in [0.29, 0.717) is 30.4 Å². The summed E-state index contributed by atoms with van der Waals surface area (Å²) in [5.74, 6) is 0.875. The van der Waals surface area contributed by atoms with E-state index in [1.165, 1.54) is 18.4 Å². The largest absolute Gasteiger partial charge is 0.497 e. The summed E-state index contributed by atoms with van der Waals surface area (Å²) < 4.78 is 17.0. The SMILES string of the molecule is CC(C)NC(C)C.COc1ccc(C2SSC3(CC3)C2OPOCCC#N)cc1. The maximum Gasteiger partial charge on any atom is 0.155 e. The summed E-state index contributed by atoms with van der Waals surface area (Å²) in [5, 5.41) is 12.1. The smallest absolute Gasteiger partial charge is 0.155 e. The van der Waals surface area contributed by atoms with E-state index in [1.54, 1.807) is 7.11 Å². The van der Waals surface area contributed by atoms with E-state index in [9.17, 15) is 0 Å². The van der Waals surface area contributed by atoms with Crippen molar-refractivity contribution in [1.29, 1.82) is 5.26 Å². The number of hydrogen-bond acceptors (Lipinski definition) is 7. The first-order valence-corrected chi connectivity index (χ1v) is 13.1. The van der Waals surface area contributed by atoms with Crippen molar-refractivity contribution in [3.63, 3.8) is 0 Å². The molecule has 1 aromatic rings. The third kappa shape index (κ3) is 7.94. The number of ether oxygens (including phenoxy) is 1. The predicted octanol–water partition coefficient (Wildman–Crippen LogP) is 5.88. The Hall–Kier alpha value is -0.480. The molecule has 1 aliphatic heterocycles. The molecular formula is C21H33N2O3PS2. The highest BCUT2D eigenvalue weighted by Crippen LogP contribution is 2.70. The highest BCUT2D eigenvalue weighted by atomic mass is 33.1. The van der Waals surface area contributed by atoms with Gasteiger partial charge in [0.25, 0.3) is 0 Å². The zero-order valence-corrected chi connectivity index (χ0v) is 20.6. The molecule has 1 aromatic carbocycles. The van der Waals surface area contributed by atoms with Gasteiger partial charge in [-0.2, -0.15) is 5.26 Å². The fraction of sp³-hybridized carbons (Fsp3) is 0.667. The van der Waals surface area contributed by atoms with E-state index in [4.69, 9.17) is 19.0 Å². The predicted molar refractivity (Wildman–Crippen MR) is 126 cm³/mol. The average Bonchev–Trinajstić information content (AvgIpc) is 3.37. The van der Waals surface area contributed by atoms with Gasteiger partial charge in [0.05, 0.1) is 42.3 Å². The maximum absolute atomic E-state index is 8.52. The lowest BCUT2D eigenvalue weighted by molar-refractivity contribution is 0.183. The summed E-state index contributed by atoms with van der Waals surface area (Å²) in [6, 6.07) is 11.6. The van der Waals surface area contributed by atoms with Crippen LogP contribution in [0.1, 0.15) is 57.8 Å². The Bertz CT molecular complexity index is 642. The average molecular weight is 457 g/mol. The second-order valence-corrected chi connectivity index (χ2v) is 11.2. The lowest BCUT2D eigenvalue weighted by Crippen LogP contribution is -2.29. The summed E-state index contributed by atoms with van der Waals surface area (Å²) in [5.41, 5.74) is 1.27. The van der Waals surface area contributed by atoms with Crippen LogP contribution in [0.15, 0.2) is 24.3 Å². The Morgan fingerprint density at radius 2 is 1.86 bits per heavy atom. The number of hydrogen-bond donors (Lipinski definition) is 1. The van der Waals surface area contributed by atoms with Gasteiger partial charge in [-0.05, 0) is 30.5 Å². The van der Waals surface area contributed by atoms with Crippen LogP contribution in [-0.2, 0) is 9.05 Å².